The van der Waals surface area contributed by atoms with Crippen molar-refractivity contribution in [3.05, 3.63) is 59.1 Å². The first-order chi connectivity index (χ1) is 12.0. The fourth-order valence-electron chi connectivity index (χ4n) is 1.71. The molecule has 2 aromatic rings. The number of carbonyl (C=O) groups excluding carboxylic acids is 1. The largest absolute Gasteiger partial charge is 0.482 e. The van der Waals surface area contributed by atoms with Gasteiger partial charge in [-0.05, 0) is 42.0 Å². The highest BCUT2D eigenvalue weighted by molar-refractivity contribution is 6.32. The molecule has 8 heteroatoms. The molecule has 2 N–H and O–H groups in total. The Kier molecular flexibility index (Phi) is 6.79. The van der Waals surface area contributed by atoms with E-state index in [-0.39, 0.29) is 6.61 Å². The van der Waals surface area contributed by atoms with Crippen LogP contribution in [0.1, 0.15) is 5.56 Å². The minimum absolute atomic E-state index is 0.219. The lowest BCUT2D eigenvalue weighted by atomic mass is 10.2. The zero-order valence-electron chi connectivity index (χ0n) is 13.0. The fraction of sp³-hybridized carbons (Fsp3) is 0.118. The Morgan fingerprint density at radius 3 is 2.48 bits per heavy atom. The molecule has 0 aliphatic rings. The number of aliphatic carboxylic acids is 1. The molecule has 0 aliphatic carbocycles. The molecule has 1 amide bonds. The van der Waals surface area contributed by atoms with E-state index in [1.165, 1.54) is 6.21 Å². The number of amides is 1. The van der Waals surface area contributed by atoms with E-state index >= 15 is 0 Å². The lowest BCUT2D eigenvalue weighted by molar-refractivity contribution is -0.139. The second kappa shape index (κ2) is 9.29. The highest BCUT2D eigenvalue weighted by Gasteiger charge is 2.04. The molecule has 0 saturated heterocycles. The van der Waals surface area contributed by atoms with Crippen LogP contribution in [0.4, 0.5) is 0 Å². The van der Waals surface area contributed by atoms with Crippen LogP contribution in [-0.2, 0) is 9.59 Å². The van der Waals surface area contributed by atoms with Crippen LogP contribution < -0.4 is 14.9 Å². The van der Waals surface area contributed by atoms with Gasteiger partial charge in [0.1, 0.15) is 11.5 Å². The van der Waals surface area contributed by atoms with Crippen molar-refractivity contribution in [1.29, 1.82) is 0 Å². The van der Waals surface area contributed by atoms with E-state index < -0.39 is 18.5 Å². The second-order valence-electron chi connectivity index (χ2n) is 4.76. The Labute approximate surface area is 148 Å². The van der Waals surface area contributed by atoms with Crippen LogP contribution in [0.3, 0.4) is 0 Å². The molecular formula is C17H15ClN2O5. The number of hydrogen-bond donors (Lipinski definition) is 2. The third-order valence-electron chi connectivity index (χ3n) is 2.84. The molecule has 0 aliphatic heterocycles. The van der Waals surface area contributed by atoms with E-state index in [0.717, 1.165) is 0 Å². The maximum Gasteiger partial charge on any atom is 0.341 e. The van der Waals surface area contributed by atoms with Crippen LogP contribution in [0.15, 0.2) is 53.6 Å². The number of hydrazone groups is 1. The third kappa shape index (κ3) is 6.52. The Balaban J connectivity index is 1.77. The van der Waals surface area contributed by atoms with Crippen molar-refractivity contribution in [3.63, 3.8) is 0 Å². The monoisotopic (exact) mass is 362 g/mol. The molecule has 2 rings (SSSR count). The standard InChI is InChI=1S/C17H15ClN2O5/c18-14-3-1-2-4-15(14)25-10-16(21)20-19-9-12-5-7-13(8-6-12)24-11-17(22)23/h1-9H,10-11H2,(H,20,21)(H,22,23)/b19-9+. The lowest BCUT2D eigenvalue weighted by Crippen LogP contribution is -2.24. The zero-order chi connectivity index (χ0) is 18.1. The lowest BCUT2D eigenvalue weighted by Gasteiger charge is -2.06. The smallest absolute Gasteiger partial charge is 0.341 e. The highest BCUT2D eigenvalue weighted by atomic mass is 35.5. The fourth-order valence-corrected chi connectivity index (χ4v) is 1.90. The van der Waals surface area contributed by atoms with Crippen LogP contribution in [0.25, 0.3) is 0 Å². The average Bonchev–Trinajstić information content (AvgIpc) is 2.60. The van der Waals surface area contributed by atoms with Gasteiger partial charge in [0.25, 0.3) is 5.91 Å². The van der Waals surface area contributed by atoms with Gasteiger partial charge in [0.05, 0.1) is 11.2 Å². The summed E-state index contributed by atoms with van der Waals surface area (Å²) in [6.07, 6.45) is 1.44. The summed E-state index contributed by atoms with van der Waals surface area (Å²) in [6, 6.07) is 13.4. The number of carboxylic acids is 1. The topological polar surface area (TPSA) is 97.2 Å². The Bertz CT molecular complexity index is 762. The molecule has 2 aromatic carbocycles. The number of rotatable bonds is 8. The van der Waals surface area contributed by atoms with Crippen LogP contribution in [0.5, 0.6) is 11.5 Å². The van der Waals surface area contributed by atoms with Crippen molar-refractivity contribution < 1.29 is 24.2 Å². The zero-order valence-corrected chi connectivity index (χ0v) is 13.8. The van der Waals surface area contributed by atoms with E-state index in [0.29, 0.717) is 22.1 Å². The summed E-state index contributed by atoms with van der Waals surface area (Å²) >= 11 is 5.92. The Hall–Kier alpha value is -3.06. The summed E-state index contributed by atoms with van der Waals surface area (Å²) in [5, 5.41) is 12.8. The predicted octanol–water partition coefficient (Wildman–Crippen LogP) is 2.33. The van der Waals surface area contributed by atoms with E-state index in [9.17, 15) is 9.59 Å². The number of halogens is 1. The van der Waals surface area contributed by atoms with Gasteiger partial charge in [-0.15, -0.1) is 0 Å². The van der Waals surface area contributed by atoms with E-state index in [4.69, 9.17) is 26.2 Å². The first-order valence-electron chi connectivity index (χ1n) is 7.18. The number of para-hydroxylation sites is 1. The minimum Gasteiger partial charge on any atom is -0.482 e. The van der Waals surface area contributed by atoms with E-state index in [1.807, 2.05) is 0 Å². The number of carbonyl (C=O) groups is 2. The molecule has 130 valence electrons. The molecule has 0 unspecified atom stereocenters. The third-order valence-corrected chi connectivity index (χ3v) is 3.15. The van der Waals surface area contributed by atoms with Crippen molar-refractivity contribution in [2.75, 3.05) is 13.2 Å². The highest BCUT2D eigenvalue weighted by Crippen LogP contribution is 2.22. The van der Waals surface area contributed by atoms with Gasteiger partial charge in [-0.3, -0.25) is 4.79 Å². The predicted molar refractivity (Wildman–Crippen MR) is 92.3 cm³/mol. The van der Waals surface area contributed by atoms with Gasteiger partial charge in [0.2, 0.25) is 0 Å². The molecule has 0 radical (unpaired) electrons. The van der Waals surface area contributed by atoms with Crippen LogP contribution in [0.2, 0.25) is 5.02 Å². The molecule has 7 nitrogen and oxygen atoms in total. The Morgan fingerprint density at radius 1 is 1.08 bits per heavy atom. The summed E-state index contributed by atoms with van der Waals surface area (Å²) in [4.78, 5) is 22.1. The number of carboxylic acid groups (broad SMARTS) is 1. The van der Waals surface area contributed by atoms with Gasteiger partial charge in [-0.2, -0.15) is 5.10 Å². The normalized spacial score (nSPS) is 10.4. The van der Waals surface area contributed by atoms with Crippen molar-refractivity contribution in [2.24, 2.45) is 5.10 Å². The quantitative estimate of drug-likeness (QED) is 0.555. The van der Waals surface area contributed by atoms with Crippen molar-refractivity contribution in [2.45, 2.75) is 0 Å². The number of hydrogen-bond acceptors (Lipinski definition) is 5. The van der Waals surface area contributed by atoms with Gasteiger partial charge < -0.3 is 14.6 Å². The van der Waals surface area contributed by atoms with Crippen LogP contribution in [0, 0.1) is 0 Å². The maximum atomic E-state index is 11.7. The van der Waals surface area contributed by atoms with E-state index in [1.54, 1.807) is 48.5 Å². The number of benzene rings is 2. The van der Waals surface area contributed by atoms with Crippen molar-refractivity contribution >= 4 is 29.7 Å². The first-order valence-corrected chi connectivity index (χ1v) is 7.56. The summed E-state index contributed by atoms with van der Waals surface area (Å²) in [5.74, 6) is -0.637. The average molecular weight is 363 g/mol. The number of nitrogens with zero attached hydrogens (tertiary/aromatic N) is 1. The molecule has 0 saturated carbocycles. The molecule has 0 fully saturated rings. The van der Waals surface area contributed by atoms with Gasteiger partial charge in [-0.25, -0.2) is 10.2 Å². The Morgan fingerprint density at radius 2 is 1.80 bits per heavy atom. The second-order valence-corrected chi connectivity index (χ2v) is 5.17. The van der Waals surface area contributed by atoms with Gasteiger partial charge >= 0.3 is 5.97 Å². The van der Waals surface area contributed by atoms with Crippen LogP contribution in [-0.4, -0.2) is 36.4 Å². The molecule has 0 bridgehead atoms. The molecule has 0 aromatic heterocycles. The van der Waals surface area contributed by atoms with Gasteiger partial charge in [0.15, 0.2) is 13.2 Å². The maximum absolute atomic E-state index is 11.7. The van der Waals surface area contributed by atoms with Crippen molar-refractivity contribution in [3.8, 4) is 11.5 Å². The van der Waals surface area contributed by atoms with Gasteiger partial charge in [0, 0.05) is 0 Å². The molecule has 0 heterocycles. The summed E-state index contributed by atoms with van der Waals surface area (Å²) < 4.78 is 10.3. The summed E-state index contributed by atoms with van der Waals surface area (Å²) in [5.41, 5.74) is 3.03. The van der Waals surface area contributed by atoms with Gasteiger partial charge in [-0.1, -0.05) is 23.7 Å². The molecule has 0 spiro atoms. The van der Waals surface area contributed by atoms with E-state index in [2.05, 4.69) is 10.5 Å². The minimum atomic E-state index is -1.05. The molecular weight excluding hydrogens is 348 g/mol. The summed E-state index contributed by atoms with van der Waals surface area (Å²) in [6.45, 7) is -0.627. The van der Waals surface area contributed by atoms with Crippen LogP contribution >= 0.6 is 11.6 Å². The summed E-state index contributed by atoms with van der Waals surface area (Å²) in [7, 11) is 0. The number of nitrogens with one attached hydrogen (secondary N) is 1. The number of ether oxygens (including phenoxy) is 2. The first kappa shape index (κ1) is 18.3. The van der Waals surface area contributed by atoms with Crippen molar-refractivity contribution in [1.82, 2.24) is 5.43 Å². The SMILES string of the molecule is O=C(O)COc1ccc(/C=N/NC(=O)COc2ccccc2Cl)cc1. The molecule has 25 heavy (non-hydrogen) atoms. The molecule has 0 atom stereocenters.